The molecule has 1 aromatic rings. The summed E-state index contributed by atoms with van der Waals surface area (Å²) in [6, 6.07) is 2.94. The summed E-state index contributed by atoms with van der Waals surface area (Å²) in [6.07, 6.45) is 2.24. The molecule has 0 radical (unpaired) electrons. The second-order valence-electron chi connectivity index (χ2n) is 4.84. The number of halogens is 2. The van der Waals surface area contributed by atoms with Crippen LogP contribution in [0.15, 0.2) is 16.6 Å². The number of nitrogens with zero attached hydrogens (tertiary/aromatic N) is 1. The van der Waals surface area contributed by atoms with E-state index in [-0.39, 0.29) is 11.6 Å². The standard InChI is InChI=1S/C13H17BrFN3O/c1-18-4-2-3-8(18)7-17-13(19)9-5-12(16)11(15)6-10(9)14/h5-6,8H,2-4,7,16H2,1H3,(H,17,19). The van der Waals surface area contributed by atoms with Crippen LogP contribution < -0.4 is 11.1 Å². The summed E-state index contributed by atoms with van der Waals surface area (Å²) >= 11 is 3.18. The van der Waals surface area contributed by atoms with Crippen LogP contribution in [-0.2, 0) is 0 Å². The molecule has 1 fully saturated rings. The second-order valence-corrected chi connectivity index (χ2v) is 5.69. The highest BCUT2D eigenvalue weighted by molar-refractivity contribution is 9.10. The molecule has 0 saturated carbocycles. The molecule has 1 aliphatic rings. The molecule has 2 rings (SSSR count). The van der Waals surface area contributed by atoms with Gasteiger partial charge in [-0.3, -0.25) is 4.79 Å². The molecule has 6 heteroatoms. The van der Waals surface area contributed by atoms with Gasteiger partial charge in [-0.2, -0.15) is 0 Å². The number of benzene rings is 1. The molecule has 1 aromatic carbocycles. The molecule has 4 nitrogen and oxygen atoms in total. The van der Waals surface area contributed by atoms with Gasteiger partial charge in [0.05, 0.1) is 11.3 Å². The van der Waals surface area contributed by atoms with Crippen molar-refractivity contribution in [2.75, 3.05) is 25.9 Å². The zero-order valence-corrected chi connectivity index (χ0v) is 12.3. The van der Waals surface area contributed by atoms with E-state index in [2.05, 4.69) is 33.2 Å². The summed E-state index contributed by atoms with van der Waals surface area (Å²) in [4.78, 5) is 14.3. The zero-order valence-electron chi connectivity index (χ0n) is 10.7. The van der Waals surface area contributed by atoms with Gasteiger partial charge in [-0.15, -0.1) is 0 Å². The quantitative estimate of drug-likeness (QED) is 0.834. The minimum Gasteiger partial charge on any atom is -0.396 e. The Morgan fingerprint density at radius 1 is 1.63 bits per heavy atom. The molecule has 0 aliphatic carbocycles. The highest BCUT2D eigenvalue weighted by atomic mass is 79.9. The summed E-state index contributed by atoms with van der Waals surface area (Å²) < 4.78 is 13.6. The van der Waals surface area contributed by atoms with E-state index in [0.29, 0.717) is 22.6 Å². The Kier molecular flexibility index (Phi) is 4.42. The third kappa shape index (κ3) is 3.25. The maximum atomic E-state index is 13.2. The third-order valence-electron chi connectivity index (χ3n) is 3.50. The normalized spacial score (nSPS) is 19.6. The fourth-order valence-corrected chi connectivity index (χ4v) is 2.78. The molecule has 1 heterocycles. The van der Waals surface area contributed by atoms with Crippen molar-refractivity contribution in [2.24, 2.45) is 0 Å². The summed E-state index contributed by atoms with van der Waals surface area (Å²) in [5.41, 5.74) is 5.82. The summed E-state index contributed by atoms with van der Waals surface area (Å²) in [5, 5.41) is 2.87. The maximum absolute atomic E-state index is 13.2. The van der Waals surface area contributed by atoms with Gasteiger partial charge < -0.3 is 16.0 Å². The Hall–Kier alpha value is -1.14. The molecule has 1 saturated heterocycles. The number of hydrogen-bond acceptors (Lipinski definition) is 3. The summed E-state index contributed by atoms with van der Waals surface area (Å²) in [6.45, 7) is 1.66. The van der Waals surface area contributed by atoms with Crippen LogP contribution in [0.1, 0.15) is 23.2 Å². The van der Waals surface area contributed by atoms with Crippen LogP contribution in [0.3, 0.4) is 0 Å². The van der Waals surface area contributed by atoms with Gasteiger partial charge in [0.25, 0.3) is 5.91 Å². The molecule has 1 aliphatic heterocycles. The van der Waals surface area contributed by atoms with Crippen LogP contribution in [-0.4, -0.2) is 37.0 Å². The van der Waals surface area contributed by atoms with Gasteiger partial charge in [-0.25, -0.2) is 4.39 Å². The van der Waals surface area contributed by atoms with Crippen molar-refractivity contribution in [1.29, 1.82) is 0 Å². The average Bonchev–Trinajstić information content (AvgIpc) is 2.76. The number of nitrogens with two attached hydrogens (primary N) is 1. The average molecular weight is 330 g/mol. The molecule has 0 spiro atoms. The molecule has 1 unspecified atom stereocenters. The van der Waals surface area contributed by atoms with E-state index >= 15 is 0 Å². The number of hydrogen-bond donors (Lipinski definition) is 2. The van der Waals surface area contributed by atoms with E-state index < -0.39 is 5.82 Å². The van der Waals surface area contributed by atoms with Gasteiger partial charge in [0.1, 0.15) is 5.82 Å². The van der Waals surface area contributed by atoms with Crippen molar-refractivity contribution in [3.63, 3.8) is 0 Å². The van der Waals surface area contributed by atoms with Crippen LogP contribution in [0, 0.1) is 5.82 Å². The molecule has 0 aromatic heterocycles. The first-order valence-electron chi connectivity index (χ1n) is 6.22. The third-order valence-corrected chi connectivity index (χ3v) is 4.16. The van der Waals surface area contributed by atoms with E-state index in [1.807, 2.05) is 0 Å². The molecule has 1 amide bonds. The summed E-state index contributed by atoms with van der Waals surface area (Å²) in [7, 11) is 2.05. The van der Waals surface area contributed by atoms with E-state index in [9.17, 15) is 9.18 Å². The van der Waals surface area contributed by atoms with Crippen molar-refractivity contribution < 1.29 is 9.18 Å². The van der Waals surface area contributed by atoms with Crippen molar-refractivity contribution in [2.45, 2.75) is 18.9 Å². The van der Waals surface area contributed by atoms with Crippen LogP contribution in [0.25, 0.3) is 0 Å². The van der Waals surface area contributed by atoms with Gasteiger partial charge in [0.2, 0.25) is 0 Å². The van der Waals surface area contributed by atoms with Crippen LogP contribution >= 0.6 is 15.9 Å². The van der Waals surface area contributed by atoms with Crippen LogP contribution in [0.2, 0.25) is 0 Å². The van der Waals surface area contributed by atoms with Gasteiger partial charge in [0.15, 0.2) is 0 Å². The number of nitrogens with one attached hydrogen (secondary N) is 1. The smallest absolute Gasteiger partial charge is 0.252 e. The van der Waals surface area contributed by atoms with Crippen molar-refractivity contribution in [3.05, 3.63) is 28.0 Å². The molecule has 3 N–H and O–H groups in total. The van der Waals surface area contributed by atoms with Crippen molar-refractivity contribution >= 4 is 27.5 Å². The lowest BCUT2D eigenvalue weighted by Gasteiger charge is -2.19. The van der Waals surface area contributed by atoms with E-state index in [1.54, 1.807) is 0 Å². The molecule has 19 heavy (non-hydrogen) atoms. The Bertz CT molecular complexity index is 495. The van der Waals surface area contributed by atoms with E-state index in [0.717, 1.165) is 19.4 Å². The number of amides is 1. The topological polar surface area (TPSA) is 58.4 Å². The lowest BCUT2D eigenvalue weighted by Crippen LogP contribution is -2.38. The fraction of sp³-hybridized carbons (Fsp3) is 0.462. The lowest BCUT2D eigenvalue weighted by atomic mass is 10.1. The maximum Gasteiger partial charge on any atom is 0.252 e. The number of carbonyl (C=O) groups is 1. The molecule has 104 valence electrons. The Balaban J connectivity index is 2.02. The molecular formula is C13H17BrFN3O. The Morgan fingerprint density at radius 2 is 2.37 bits per heavy atom. The van der Waals surface area contributed by atoms with Crippen molar-refractivity contribution in [1.82, 2.24) is 10.2 Å². The molecular weight excluding hydrogens is 313 g/mol. The van der Waals surface area contributed by atoms with Gasteiger partial charge in [-0.05, 0) is 54.5 Å². The largest absolute Gasteiger partial charge is 0.396 e. The number of nitrogen functional groups attached to an aromatic ring is 1. The first-order valence-corrected chi connectivity index (χ1v) is 7.01. The minimum absolute atomic E-state index is 0.0219. The van der Waals surface area contributed by atoms with Gasteiger partial charge in [0, 0.05) is 17.1 Å². The van der Waals surface area contributed by atoms with Crippen LogP contribution in [0.4, 0.5) is 10.1 Å². The second kappa shape index (κ2) is 5.88. The monoisotopic (exact) mass is 329 g/mol. The number of carbonyl (C=O) groups excluding carboxylic acids is 1. The summed E-state index contributed by atoms with van der Waals surface area (Å²) in [5.74, 6) is -0.766. The molecule has 0 bridgehead atoms. The number of anilines is 1. The van der Waals surface area contributed by atoms with E-state index in [1.165, 1.54) is 12.1 Å². The number of rotatable bonds is 3. The first kappa shape index (κ1) is 14.3. The zero-order chi connectivity index (χ0) is 14.0. The predicted molar refractivity (Wildman–Crippen MR) is 76.5 cm³/mol. The predicted octanol–water partition coefficient (Wildman–Crippen LogP) is 1.99. The SMILES string of the molecule is CN1CCCC1CNC(=O)c1cc(N)c(F)cc1Br. The van der Waals surface area contributed by atoms with Crippen molar-refractivity contribution in [3.8, 4) is 0 Å². The number of likely N-dealkylation sites (tertiary alicyclic amines) is 1. The highest BCUT2D eigenvalue weighted by Crippen LogP contribution is 2.23. The van der Waals surface area contributed by atoms with E-state index in [4.69, 9.17) is 5.73 Å². The lowest BCUT2D eigenvalue weighted by molar-refractivity contribution is 0.0943. The van der Waals surface area contributed by atoms with Crippen LogP contribution in [0.5, 0.6) is 0 Å². The number of likely N-dealkylation sites (N-methyl/N-ethyl adjacent to an activating group) is 1. The highest BCUT2D eigenvalue weighted by Gasteiger charge is 2.22. The fourth-order valence-electron chi connectivity index (χ4n) is 2.28. The first-order chi connectivity index (χ1) is 8.99. The Morgan fingerprint density at radius 3 is 3.00 bits per heavy atom. The Labute approximate surface area is 120 Å². The van der Waals surface area contributed by atoms with Gasteiger partial charge >= 0.3 is 0 Å². The van der Waals surface area contributed by atoms with Gasteiger partial charge in [-0.1, -0.05) is 0 Å². The molecule has 1 atom stereocenters. The minimum atomic E-state index is -0.529.